The maximum Gasteiger partial charge on any atom is 0.407 e. The standard InChI is InChI=1S/C13H24N2O2/c1-13(2,3)17-12(16)14-10-5-4-8-15(9-10)11-6-7-11/h10-11H,4-9H2,1-3H3,(H,14,16)/t10-/m1/s1. The molecule has 2 rings (SSSR count). The predicted octanol–water partition coefficient (Wildman–Crippen LogP) is 2.14. The van der Waals surface area contributed by atoms with Crippen molar-refractivity contribution in [3.63, 3.8) is 0 Å². The molecule has 1 heterocycles. The second-order valence-electron chi connectivity index (χ2n) is 6.21. The average molecular weight is 240 g/mol. The Morgan fingerprint density at radius 1 is 1.29 bits per heavy atom. The highest BCUT2D eigenvalue weighted by atomic mass is 16.6. The molecule has 1 saturated heterocycles. The first-order chi connectivity index (χ1) is 7.94. The molecule has 2 fully saturated rings. The zero-order valence-electron chi connectivity index (χ0n) is 11.2. The van der Waals surface area contributed by atoms with Crippen molar-refractivity contribution in [2.24, 2.45) is 0 Å². The van der Waals surface area contributed by atoms with Gasteiger partial charge in [-0.25, -0.2) is 4.79 Å². The van der Waals surface area contributed by atoms with Crippen LogP contribution in [0.25, 0.3) is 0 Å². The van der Waals surface area contributed by atoms with Gasteiger partial charge in [-0.1, -0.05) is 0 Å². The Labute approximate surface area is 104 Å². The molecule has 1 saturated carbocycles. The lowest BCUT2D eigenvalue weighted by Gasteiger charge is -2.33. The van der Waals surface area contributed by atoms with Gasteiger partial charge < -0.3 is 10.1 Å². The summed E-state index contributed by atoms with van der Waals surface area (Å²) >= 11 is 0. The minimum atomic E-state index is -0.408. The molecule has 1 atom stereocenters. The van der Waals surface area contributed by atoms with Crippen molar-refractivity contribution >= 4 is 6.09 Å². The Kier molecular flexibility index (Phi) is 3.61. The summed E-state index contributed by atoms with van der Waals surface area (Å²) in [5, 5.41) is 2.99. The number of ether oxygens (including phenoxy) is 1. The van der Waals surface area contributed by atoms with E-state index in [2.05, 4.69) is 10.2 Å². The van der Waals surface area contributed by atoms with Gasteiger partial charge in [-0.2, -0.15) is 0 Å². The van der Waals surface area contributed by atoms with Gasteiger partial charge in [0, 0.05) is 18.6 Å². The number of nitrogens with zero attached hydrogens (tertiary/aromatic N) is 1. The summed E-state index contributed by atoms with van der Waals surface area (Å²) < 4.78 is 5.28. The lowest BCUT2D eigenvalue weighted by atomic mass is 10.1. The molecule has 4 heteroatoms. The van der Waals surface area contributed by atoms with Crippen LogP contribution in [0, 0.1) is 0 Å². The summed E-state index contributed by atoms with van der Waals surface area (Å²) in [6, 6.07) is 1.05. The zero-order valence-corrected chi connectivity index (χ0v) is 11.2. The fourth-order valence-electron chi connectivity index (χ4n) is 2.37. The Hall–Kier alpha value is -0.770. The van der Waals surface area contributed by atoms with E-state index in [4.69, 9.17) is 4.74 Å². The molecule has 1 aliphatic carbocycles. The van der Waals surface area contributed by atoms with Crippen LogP contribution < -0.4 is 5.32 Å². The lowest BCUT2D eigenvalue weighted by Crippen LogP contribution is -2.49. The van der Waals surface area contributed by atoms with Crippen LogP contribution in [-0.4, -0.2) is 41.8 Å². The highest BCUT2D eigenvalue weighted by Gasteiger charge is 2.33. The van der Waals surface area contributed by atoms with Crippen LogP contribution in [-0.2, 0) is 4.74 Å². The van der Waals surface area contributed by atoms with Crippen molar-refractivity contribution in [2.75, 3.05) is 13.1 Å². The first-order valence-electron chi connectivity index (χ1n) is 6.67. The zero-order chi connectivity index (χ0) is 12.5. The highest BCUT2D eigenvalue weighted by Crippen LogP contribution is 2.29. The molecule has 1 amide bonds. The summed E-state index contributed by atoms with van der Waals surface area (Å²) in [6.45, 7) is 7.86. The van der Waals surface area contributed by atoms with E-state index >= 15 is 0 Å². The summed E-state index contributed by atoms with van der Waals surface area (Å²) in [7, 11) is 0. The molecule has 0 aromatic carbocycles. The first kappa shape index (κ1) is 12.7. The number of hydrogen-bond acceptors (Lipinski definition) is 3. The van der Waals surface area contributed by atoms with Crippen molar-refractivity contribution in [3.8, 4) is 0 Å². The fourth-order valence-corrected chi connectivity index (χ4v) is 2.37. The van der Waals surface area contributed by atoms with Crippen molar-refractivity contribution in [2.45, 2.75) is 64.1 Å². The Morgan fingerprint density at radius 2 is 2.00 bits per heavy atom. The van der Waals surface area contributed by atoms with Crippen LogP contribution >= 0.6 is 0 Å². The second kappa shape index (κ2) is 4.84. The smallest absolute Gasteiger partial charge is 0.407 e. The molecule has 0 aromatic heterocycles. The normalized spacial score (nSPS) is 26.6. The van der Waals surface area contributed by atoms with E-state index in [1.165, 1.54) is 25.8 Å². The molecular weight excluding hydrogens is 216 g/mol. The van der Waals surface area contributed by atoms with Gasteiger partial charge in [-0.3, -0.25) is 4.90 Å². The van der Waals surface area contributed by atoms with Gasteiger partial charge in [0.2, 0.25) is 0 Å². The van der Waals surface area contributed by atoms with Gasteiger partial charge in [0.25, 0.3) is 0 Å². The van der Waals surface area contributed by atoms with Gasteiger partial charge in [0.05, 0.1) is 0 Å². The molecule has 98 valence electrons. The third-order valence-electron chi connectivity index (χ3n) is 3.24. The van der Waals surface area contributed by atoms with Gasteiger partial charge in [0.15, 0.2) is 0 Å². The molecular formula is C13H24N2O2. The largest absolute Gasteiger partial charge is 0.444 e. The topological polar surface area (TPSA) is 41.6 Å². The number of likely N-dealkylation sites (tertiary alicyclic amines) is 1. The average Bonchev–Trinajstić information content (AvgIpc) is 2.97. The number of hydrogen-bond donors (Lipinski definition) is 1. The molecule has 0 unspecified atom stereocenters. The van der Waals surface area contributed by atoms with Crippen LogP contribution in [0.5, 0.6) is 0 Å². The minimum Gasteiger partial charge on any atom is -0.444 e. The summed E-state index contributed by atoms with van der Waals surface area (Å²) in [5.41, 5.74) is -0.408. The number of alkyl carbamates (subject to hydrolysis) is 1. The van der Waals surface area contributed by atoms with Gasteiger partial charge in [0.1, 0.15) is 5.60 Å². The molecule has 0 bridgehead atoms. The molecule has 4 nitrogen and oxygen atoms in total. The number of carbonyl (C=O) groups is 1. The molecule has 2 aliphatic rings. The molecule has 0 radical (unpaired) electrons. The maximum absolute atomic E-state index is 11.7. The van der Waals surface area contributed by atoms with Crippen molar-refractivity contribution in [3.05, 3.63) is 0 Å². The third kappa shape index (κ3) is 4.19. The monoisotopic (exact) mass is 240 g/mol. The molecule has 0 spiro atoms. The minimum absolute atomic E-state index is 0.263. The van der Waals surface area contributed by atoms with E-state index in [9.17, 15) is 4.79 Å². The van der Waals surface area contributed by atoms with E-state index in [1.54, 1.807) is 0 Å². The van der Waals surface area contributed by atoms with Gasteiger partial charge in [-0.15, -0.1) is 0 Å². The number of piperidine rings is 1. The summed E-state index contributed by atoms with van der Waals surface area (Å²) in [6.07, 6.45) is 4.64. The SMILES string of the molecule is CC(C)(C)OC(=O)N[C@@H]1CCCN(C2CC2)C1. The third-order valence-corrected chi connectivity index (χ3v) is 3.24. The van der Waals surface area contributed by atoms with Crippen molar-refractivity contribution in [1.82, 2.24) is 10.2 Å². The number of rotatable bonds is 2. The van der Waals surface area contributed by atoms with Gasteiger partial charge in [-0.05, 0) is 53.0 Å². The Balaban J connectivity index is 1.76. The maximum atomic E-state index is 11.7. The Morgan fingerprint density at radius 3 is 2.59 bits per heavy atom. The van der Waals surface area contributed by atoms with E-state index in [-0.39, 0.29) is 12.1 Å². The fraction of sp³-hybridized carbons (Fsp3) is 0.923. The molecule has 1 N–H and O–H groups in total. The summed E-state index contributed by atoms with van der Waals surface area (Å²) in [4.78, 5) is 14.2. The molecule has 0 aromatic rings. The highest BCUT2D eigenvalue weighted by molar-refractivity contribution is 5.68. The van der Waals surface area contributed by atoms with E-state index in [0.717, 1.165) is 19.0 Å². The van der Waals surface area contributed by atoms with E-state index in [1.807, 2.05) is 20.8 Å². The van der Waals surface area contributed by atoms with Crippen LogP contribution in [0.1, 0.15) is 46.5 Å². The van der Waals surface area contributed by atoms with E-state index in [0.29, 0.717) is 0 Å². The second-order valence-corrected chi connectivity index (χ2v) is 6.21. The number of nitrogens with one attached hydrogen (secondary N) is 1. The Bertz CT molecular complexity index is 282. The lowest BCUT2D eigenvalue weighted by molar-refractivity contribution is 0.0470. The van der Waals surface area contributed by atoms with Gasteiger partial charge >= 0.3 is 6.09 Å². The summed E-state index contributed by atoms with van der Waals surface area (Å²) in [5.74, 6) is 0. The van der Waals surface area contributed by atoms with Crippen molar-refractivity contribution < 1.29 is 9.53 Å². The van der Waals surface area contributed by atoms with Crippen LogP contribution in [0.15, 0.2) is 0 Å². The molecule has 1 aliphatic heterocycles. The quantitative estimate of drug-likeness (QED) is 0.804. The number of amides is 1. The van der Waals surface area contributed by atoms with E-state index < -0.39 is 5.60 Å². The molecule has 17 heavy (non-hydrogen) atoms. The van der Waals surface area contributed by atoms with Crippen LogP contribution in [0.4, 0.5) is 4.79 Å². The van der Waals surface area contributed by atoms with Crippen molar-refractivity contribution in [1.29, 1.82) is 0 Å². The first-order valence-corrected chi connectivity index (χ1v) is 6.67. The van der Waals surface area contributed by atoms with Crippen LogP contribution in [0.3, 0.4) is 0 Å². The number of carbonyl (C=O) groups excluding carboxylic acids is 1. The predicted molar refractivity (Wildman–Crippen MR) is 67.0 cm³/mol. The van der Waals surface area contributed by atoms with Crippen LogP contribution in [0.2, 0.25) is 0 Å².